The van der Waals surface area contributed by atoms with Gasteiger partial charge in [-0.15, -0.1) is 0 Å². The maximum absolute atomic E-state index is 8.35. The Kier molecular flexibility index (Phi) is 5.94. The Balaban J connectivity index is 1.96. The minimum absolute atomic E-state index is 0.179. The molecule has 0 amide bonds. The number of amidine groups is 2. The SMILES string of the molecule is Cc1ccc(C(=N)N=C(N=Cc2ccc(Cl)cc2)c2ccc(C)cc2)cc1. The molecule has 0 fully saturated rings. The second-order valence-corrected chi connectivity index (χ2v) is 6.76. The number of nitrogens with one attached hydrogen (secondary N) is 1. The van der Waals surface area contributed by atoms with E-state index in [4.69, 9.17) is 17.0 Å². The van der Waals surface area contributed by atoms with Crippen LogP contribution in [0.2, 0.25) is 5.02 Å². The summed E-state index contributed by atoms with van der Waals surface area (Å²) >= 11 is 5.94. The van der Waals surface area contributed by atoms with Gasteiger partial charge in [0.15, 0.2) is 11.7 Å². The van der Waals surface area contributed by atoms with Crippen molar-refractivity contribution in [2.45, 2.75) is 13.8 Å². The van der Waals surface area contributed by atoms with Gasteiger partial charge in [0, 0.05) is 22.4 Å². The van der Waals surface area contributed by atoms with Crippen LogP contribution in [0.3, 0.4) is 0 Å². The lowest BCUT2D eigenvalue weighted by Gasteiger charge is -2.05. The van der Waals surface area contributed by atoms with E-state index in [1.807, 2.05) is 86.6 Å². The van der Waals surface area contributed by atoms with Crippen molar-refractivity contribution in [2.24, 2.45) is 9.98 Å². The molecule has 0 saturated heterocycles. The van der Waals surface area contributed by atoms with Crippen LogP contribution in [-0.2, 0) is 0 Å². The highest BCUT2D eigenvalue weighted by Crippen LogP contribution is 2.11. The minimum atomic E-state index is 0.179. The lowest BCUT2D eigenvalue weighted by molar-refractivity contribution is 1.38. The normalized spacial score (nSPS) is 11.7. The van der Waals surface area contributed by atoms with E-state index >= 15 is 0 Å². The fourth-order valence-corrected chi connectivity index (χ4v) is 2.56. The number of benzene rings is 3. The average molecular weight is 374 g/mol. The van der Waals surface area contributed by atoms with Crippen LogP contribution < -0.4 is 0 Å². The first-order valence-corrected chi connectivity index (χ1v) is 9.00. The van der Waals surface area contributed by atoms with Crippen LogP contribution in [0.1, 0.15) is 27.8 Å². The maximum Gasteiger partial charge on any atom is 0.161 e. The van der Waals surface area contributed by atoms with Gasteiger partial charge in [-0.1, -0.05) is 83.4 Å². The Morgan fingerprint density at radius 3 is 1.85 bits per heavy atom. The standard InChI is InChI=1S/C23H20ClN3/c1-16-3-9-19(10-4-16)22(25)27-23(20-11-5-17(2)6-12-20)26-15-18-7-13-21(24)14-8-18/h3-15,25H,1-2H3. The van der Waals surface area contributed by atoms with Crippen LogP contribution >= 0.6 is 11.6 Å². The molecule has 1 N–H and O–H groups in total. The van der Waals surface area contributed by atoms with Crippen molar-refractivity contribution in [3.63, 3.8) is 0 Å². The van der Waals surface area contributed by atoms with Crippen molar-refractivity contribution in [3.05, 3.63) is 106 Å². The molecule has 0 spiro atoms. The van der Waals surface area contributed by atoms with Gasteiger partial charge in [0.2, 0.25) is 0 Å². The molecule has 0 saturated carbocycles. The third kappa shape index (κ3) is 5.22. The Labute approximate surface area is 164 Å². The molecule has 3 nitrogen and oxygen atoms in total. The van der Waals surface area contributed by atoms with Gasteiger partial charge >= 0.3 is 0 Å². The number of aryl methyl sites for hydroxylation is 2. The Bertz CT molecular complexity index is 983. The van der Waals surface area contributed by atoms with Crippen LogP contribution in [0.4, 0.5) is 0 Å². The largest absolute Gasteiger partial charge is 0.282 e. The summed E-state index contributed by atoms with van der Waals surface area (Å²) in [5.41, 5.74) is 4.85. The molecule has 0 aliphatic carbocycles. The summed E-state index contributed by atoms with van der Waals surface area (Å²) < 4.78 is 0. The molecule has 0 aromatic heterocycles. The predicted octanol–water partition coefficient (Wildman–Crippen LogP) is 5.85. The van der Waals surface area contributed by atoms with Gasteiger partial charge in [0.1, 0.15) is 0 Å². The van der Waals surface area contributed by atoms with E-state index in [0.29, 0.717) is 10.9 Å². The second kappa shape index (κ2) is 8.56. The van der Waals surface area contributed by atoms with Crippen LogP contribution in [-0.4, -0.2) is 17.9 Å². The molecular formula is C23H20ClN3. The molecule has 0 heterocycles. The first kappa shape index (κ1) is 18.7. The van der Waals surface area contributed by atoms with E-state index in [2.05, 4.69) is 9.98 Å². The molecule has 0 unspecified atom stereocenters. The average Bonchev–Trinajstić information content (AvgIpc) is 2.67. The van der Waals surface area contributed by atoms with Crippen LogP contribution in [0.25, 0.3) is 0 Å². The number of rotatable bonds is 3. The zero-order valence-corrected chi connectivity index (χ0v) is 16.0. The first-order valence-electron chi connectivity index (χ1n) is 8.62. The van der Waals surface area contributed by atoms with Gasteiger partial charge in [-0.25, -0.2) is 9.98 Å². The molecule has 0 atom stereocenters. The number of hydrogen-bond acceptors (Lipinski definition) is 1. The summed E-state index contributed by atoms with van der Waals surface area (Å²) in [6.45, 7) is 4.05. The summed E-state index contributed by atoms with van der Waals surface area (Å²) in [7, 11) is 0. The van der Waals surface area contributed by atoms with E-state index in [-0.39, 0.29) is 5.84 Å². The molecule has 4 heteroatoms. The number of halogens is 1. The smallest absolute Gasteiger partial charge is 0.161 e. The van der Waals surface area contributed by atoms with Crippen molar-refractivity contribution in [3.8, 4) is 0 Å². The van der Waals surface area contributed by atoms with E-state index in [9.17, 15) is 0 Å². The minimum Gasteiger partial charge on any atom is -0.282 e. The lowest BCUT2D eigenvalue weighted by Crippen LogP contribution is -2.04. The Hall–Kier alpha value is -3.04. The van der Waals surface area contributed by atoms with Crippen LogP contribution in [0.5, 0.6) is 0 Å². The fourth-order valence-electron chi connectivity index (χ4n) is 2.44. The zero-order chi connectivity index (χ0) is 19.2. The van der Waals surface area contributed by atoms with Crippen molar-refractivity contribution in [1.82, 2.24) is 0 Å². The molecule has 3 aromatic carbocycles. The second-order valence-electron chi connectivity index (χ2n) is 6.33. The summed E-state index contributed by atoms with van der Waals surface area (Å²) in [6.07, 6.45) is 1.73. The van der Waals surface area contributed by atoms with Gasteiger partial charge in [0.05, 0.1) is 0 Å². The van der Waals surface area contributed by atoms with Gasteiger partial charge in [-0.2, -0.15) is 0 Å². The maximum atomic E-state index is 8.35. The third-order valence-corrected chi connectivity index (χ3v) is 4.31. The van der Waals surface area contributed by atoms with Crippen molar-refractivity contribution < 1.29 is 0 Å². The van der Waals surface area contributed by atoms with Crippen molar-refractivity contribution >= 4 is 29.5 Å². The Morgan fingerprint density at radius 1 is 0.778 bits per heavy atom. The molecule has 3 aromatic rings. The van der Waals surface area contributed by atoms with Gasteiger partial charge in [0.25, 0.3) is 0 Å². The number of hydrogen-bond donors (Lipinski definition) is 1. The van der Waals surface area contributed by atoms with E-state index < -0.39 is 0 Å². The Morgan fingerprint density at radius 2 is 1.30 bits per heavy atom. The summed E-state index contributed by atoms with van der Waals surface area (Å²) in [4.78, 5) is 9.03. The summed E-state index contributed by atoms with van der Waals surface area (Å²) in [5.74, 6) is 0.675. The van der Waals surface area contributed by atoms with Gasteiger partial charge < -0.3 is 0 Å². The fraction of sp³-hybridized carbons (Fsp3) is 0.0870. The predicted molar refractivity (Wildman–Crippen MR) is 115 cm³/mol. The number of aliphatic imine (C=N–C) groups is 2. The molecule has 3 rings (SSSR count). The molecule has 0 radical (unpaired) electrons. The van der Waals surface area contributed by atoms with E-state index in [0.717, 1.165) is 27.8 Å². The topological polar surface area (TPSA) is 48.6 Å². The highest BCUT2D eigenvalue weighted by molar-refractivity contribution is 6.30. The summed E-state index contributed by atoms with van der Waals surface area (Å²) in [5, 5.41) is 9.04. The highest BCUT2D eigenvalue weighted by atomic mass is 35.5. The van der Waals surface area contributed by atoms with E-state index in [1.165, 1.54) is 0 Å². The van der Waals surface area contributed by atoms with Gasteiger partial charge in [-0.3, -0.25) is 5.41 Å². The van der Waals surface area contributed by atoms with Gasteiger partial charge in [-0.05, 0) is 31.5 Å². The first-order chi connectivity index (χ1) is 13.0. The monoisotopic (exact) mass is 373 g/mol. The van der Waals surface area contributed by atoms with Crippen LogP contribution in [0, 0.1) is 19.3 Å². The quantitative estimate of drug-likeness (QED) is 0.442. The zero-order valence-electron chi connectivity index (χ0n) is 15.3. The van der Waals surface area contributed by atoms with Crippen molar-refractivity contribution in [1.29, 1.82) is 5.41 Å². The van der Waals surface area contributed by atoms with Crippen LogP contribution in [0.15, 0.2) is 82.8 Å². The molecular weight excluding hydrogens is 354 g/mol. The number of nitrogens with zero attached hydrogens (tertiary/aromatic N) is 2. The molecule has 27 heavy (non-hydrogen) atoms. The molecule has 0 bridgehead atoms. The molecule has 0 aliphatic rings. The van der Waals surface area contributed by atoms with E-state index in [1.54, 1.807) is 6.21 Å². The lowest BCUT2D eigenvalue weighted by atomic mass is 10.1. The highest BCUT2D eigenvalue weighted by Gasteiger charge is 2.06. The van der Waals surface area contributed by atoms with Crippen molar-refractivity contribution in [2.75, 3.05) is 0 Å². The summed E-state index contributed by atoms with van der Waals surface area (Å²) in [6, 6.07) is 23.1. The molecule has 134 valence electrons. The third-order valence-electron chi connectivity index (χ3n) is 4.06. The molecule has 0 aliphatic heterocycles.